The highest BCUT2D eigenvalue weighted by atomic mass is 32.2. The Kier molecular flexibility index (Phi) is 6.09. The number of carbonyl (C=O) groups is 3. The van der Waals surface area contributed by atoms with Gasteiger partial charge in [-0.1, -0.05) is 43.6 Å². The molecule has 0 radical (unpaired) electrons. The maximum absolute atomic E-state index is 14.1. The zero-order chi connectivity index (χ0) is 22.3. The number of cyclic esters (lactones) is 1. The number of aliphatic hydroxyl groups excluding tert-OH is 1. The molecule has 2 amide bonds. The summed E-state index contributed by atoms with van der Waals surface area (Å²) in [6.07, 6.45) is 14.7. The maximum Gasteiger partial charge on any atom is 0.311 e. The van der Waals surface area contributed by atoms with Crippen molar-refractivity contribution in [3.63, 3.8) is 0 Å². The SMILES string of the molecule is O=C1OCCC=C[C@@H]2S[C@]34C=CCN(C5CCCCC5)C(=O)C3N(CCCO)C(=O)[C@@H]4[C@H]12. The van der Waals surface area contributed by atoms with Crippen LogP contribution in [0.4, 0.5) is 0 Å². The predicted molar refractivity (Wildman–Crippen MR) is 121 cm³/mol. The Labute approximate surface area is 193 Å². The largest absolute Gasteiger partial charge is 0.465 e. The summed E-state index contributed by atoms with van der Waals surface area (Å²) in [5.41, 5.74) is 0. The molecule has 0 aromatic rings. The van der Waals surface area contributed by atoms with Gasteiger partial charge in [0.25, 0.3) is 0 Å². The van der Waals surface area contributed by atoms with Gasteiger partial charge in [0.05, 0.1) is 23.2 Å². The molecule has 1 unspecified atom stereocenters. The van der Waals surface area contributed by atoms with Gasteiger partial charge in [-0.25, -0.2) is 0 Å². The lowest BCUT2D eigenvalue weighted by Crippen LogP contribution is -2.55. The zero-order valence-corrected chi connectivity index (χ0v) is 19.2. The molecule has 7 nitrogen and oxygen atoms in total. The molecule has 1 aliphatic carbocycles. The molecule has 4 heterocycles. The fourth-order valence-corrected chi connectivity index (χ4v) is 8.33. The maximum atomic E-state index is 14.1. The van der Waals surface area contributed by atoms with Crippen LogP contribution in [0.1, 0.15) is 44.9 Å². The Morgan fingerprint density at radius 1 is 1.12 bits per heavy atom. The molecule has 0 bridgehead atoms. The van der Waals surface area contributed by atoms with Crippen LogP contribution in [0.25, 0.3) is 0 Å². The lowest BCUT2D eigenvalue weighted by molar-refractivity contribution is -0.153. The van der Waals surface area contributed by atoms with Gasteiger partial charge in [-0.15, -0.1) is 11.8 Å². The Balaban J connectivity index is 1.56. The van der Waals surface area contributed by atoms with Crippen LogP contribution in [-0.2, 0) is 19.1 Å². The molecule has 1 N–H and O–H groups in total. The van der Waals surface area contributed by atoms with Crippen LogP contribution in [0.5, 0.6) is 0 Å². The van der Waals surface area contributed by atoms with Gasteiger partial charge in [0, 0.05) is 31.0 Å². The second-order valence-corrected chi connectivity index (χ2v) is 11.0. The molecule has 5 aliphatic rings. The van der Waals surface area contributed by atoms with Gasteiger partial charge in [-0.05, 0) is 25.7 Å². The molecule has 2 saturated heterocycles. The zero-order valence-electron chi connectivity index (χ0n) is 18.4. The van der Waals surface area contributed by atoms with E-state index in [0.717, 1.165) is 25.7 Å². The second kappa shape index (κ2) is 8.86. The van der Waals surface area contributed by atoms with E-state index in [1.54, 1.807) is 16.7 Å². The average molecular weight is 461 g/mol. The first-order chi connectivity index (χ1) is 15.6. The molecule has 0 aromatic carbocycles. The minimum Gasteiger partial charge on any atom is -0.465 e. The fraction of sp³-hybridized carbons (Fsp3) is 0.708. The topological polar surface area (TPSA) is 87.2 Å². The van der Waals surface area contributed by atoms with Crippen LogP contribution in [0.2, 0.25) is 0 Å². The smallest absolute Gasteiger partial charge is 0.311 e. The first-order valence-corrected chi connectivity index (χ1v) is 12.9. The Hall–Kier alpha value is -1.80. The first-order valence-electron chi connectivity index (χ1n) is 12.0. The summed E-state index contributed by atoms with van der Waals surface area (Å²) in [7, 11) is 0. The van der Waals surface area contributed by atoms with Gasteiger partial charge >= 0.3 is 5.97 Å². The van der Waals surface area contributed by atoms with Crippen molar-refractivity contribution in [2.24, 2.45) is 11.8 Å². The summed E-state index contributed by atoms with van der Waals surface area (Å²) >= 11 is 1.58. The van der Waals surface area contributed by atoms with E-state index in [0.29, 0.717) is 32.5 Å². The van der Waals surface area contributed by atoms with Crippen molar-refractivity contribution >= 4 is 29.5 Å². The van der Waals surface area contributed by atoms with E-state index >= 15 is 0 Å². The van der Waals surface area contributed by atoms with E-state index in [1.807, 2.05) is 23.1 Å². The molecule has 4 aliphatic heterocycles. The second-order valence-electron chi connectivity index (χ2n) is 9.52. The van der Waals surface area contributed by atoms with Crippen molar-refractivity contribution in [2.45, 2.75) is 67.0 Å². The van der Waals surface area contributed by atoms with E-state index in [1.165, 1.54) is 6.42 Å². The Bertz CT molecular complexity index is 838. The van der Waals surface area contributed by atoms with E-state index < -0.39 is 22.6 Å². The number of hydrogen-bond acceptors (Lipinski definition) is 6. The van der Waals surface area contributed by atoms with E-state index in [2.05, 4.69) is 6.08 Å². The van der Waals surface area contributed by atoms with Crippen LogP contribution < -0.4 is 0 Å². The summed E-state index contributed by atoms with van der Waals surface area (Å²) in [6, 6.07) is -0.443. The number of amides is 2. The molecule has 0 aromatic heterocycles. The number of esters is 1. The van der Waals surface area contributed by atoms with Gasteiger partial charge in [0.2, 0.25) is 11.8 Å². The number of hydrogen-bond donors (Lipinski definition) is 1. The van der Waals surface area contributed by atoms with Crippen molar-refractivity contribution in [3.8, 4) is 0 Å². The summed E-state index contributed by atoms with van der Waals surface area (Å²) in [5, 5.41) is 9.27. The normalized spacial score (nSPS) is 37.5. The number of aliphatic hydroxyl groups is 1. The first kappa shape index (κ1) is 22.0. The van der Waals surface area contributed by atoms with Crippen LogP contribution >= 0.6 is 11.8 Å². The molecule has 8 heteroatoms. The number of thioether (sulfide) groups is 1. The Morgan fingerprint density at radius 3 is 2.72 bits per heavy atom. The monoisotopic (exact) mass is 460 g/mol. The van der Waals surface area contributed by atoms with Crippen molar-refractivity contribution < 1.29 is 24.2 Å². The standard InChI is InChI=1S/C24H32N2O5S/c27-14-7-13-26-20-22(29)25(16-8-2-1-3-9-16)12-6-11-24(20)19(21(26)28)18-17(32-24)10-4-5-15-31-23(18)30/h4,6,10-11,16-20,27H,1-3,5,7-9,12-15H2/t17-,18+,19-,20?,24-/m0/s1. The van der Waals surface area contributed by atoms with Crippen molar-refractivity contribution in [1.29, 1.82) is 0 Å². The molecular weight excluding hydrogens is 428 g/mol. The van der Waals surface area contributed by atoms with Crippen LogP contribution in [-0.4, -0.2) is 81.1 Å². The highest BCUT2D eigenvalue weighted by Crippen LogP contribution is 2.60. The number of carbonyl (C=O) groups excluding carboxylic acids is 3. The van der Waals surface area contributed by atoms with Crippen LogP contribution in [0.15, 0.2) is 24.3 Å². The number of nitrogens with zero attached hydrogens (tertiary/aromatic N) is 2. The third-order valence-corrected chi connectivity index (χ3v) is 9.47. The van der Waals surface area contributed by atoms with Crippen molar-refractivity contribution in [3.05, 3.63) is 24.3 Å². The number of rotatable bonds is 4. The average Bonchev–Trinajstić information content (AvgIpc) is 3.16. The van der Waals surface area contributed by atoms with Crippen molar-refractivity contribution in [2.75, 3.05) is 26.3 Å². The predicted octanol–water partition coefficient (Wildman–Crippen LogP) is 1.90. The summed E-state index contributed by atoms with van der Waals surface area (Å²) in [5.74, 6) is -1.71. The van der Waals surface area contributed by atoms with Gasteiger partial charge in [0.15, 0.2) is 0 Å². The summed E-state index contributed by atoms with van der Waals surface area (Å²) in [6.45, 7) is 1.14. The van der Waals surface area contributed by atoms with Gasteiger partial charge in [-0.3, -0.25) is 14.4 Å². The Morgan fingerprint density at radius 2 is 1.94 bits per heavy atom. The fourth-order valence-electron chi connectivity index (χ4n) is 6.33. The van der Waals surface area contributed by atoms with Crippen LogP contribution in [0, 0.1) is 11.8 Å². The molecule has 5 atom stereocenters. The molecular formula is C24H32N2O5S. The quantitative estimate of drug-likeness (QED) is 0.509. The van der Waals surface area contributed by atoms with Crippen molar-refractivity contribution in [1.82, 2.24) is 9.80 Å². The van der Waals surface area contributed by atoms with E-state index in [-0.39, 0.29) is 35.7 Å². The third-order valence-electron chi connectivity index (χ3n) is 7.72. The van der Waals surface area contributed by atoms with E-state index in [4.69, 9.17) is 4.74 Å². The van der Waals surface area contributed by atoms with Gasteiger partial charge in [-0.2, -0.15) is 0 Å². The lowest BCUT2D eigenvalue weighted by atomic mass is 9.78. The molecule has 174 valence electrons. The van der Waals surface area contributed by atoms with Gasteiger partial charge in [0.1, 0.15) is 6.04 Å². The molecule has 5 rings (SSSR count). The minimum atomic E-state index is -0.782. The molecule has 1 saturated carbocycles. The highest BCUT2D eigenvalue weighted by Gasteiger charge is 2.71. The minimum absolute atomic E-state index is 0.00481. The molecule has 1 spiro atoms. The van der Waals surface area contributed by atoms with Gasteiger partial charge < -0.3 is 19.6 Å². The number of fused-ring (bicyclic) bond motifs is 2. The summed E-state index contributed by atoms with van der Waals surface area (Å²) in [4.78, 5) is 44.5. The van der Waals surface area contributed by atoms with E-state index in [9.17, 15) is 19.5 Å². The lowest BCUT2D eigenvalue weighted by Gasteiger charge is -2.39. The van der Waals surface area contributed by atoms with Crippen LogP contribution in [0.3, 0.4) is 0 Å². The summed E-state index contributed by atoms with van der Waals surface area (Å²) < 4.78 is 4.71. The molecule has 3 fully saturated rings. The third kappa shape index (κ3) is 3.41. The number of likely N-dealkylation sites (tertiary alicyclic amines) is 1. The molecule has 32 heavy (non-hydrogen) atoms. The number of ether oxygens (including phenoxy) is 1. The highest BCUT2D eigenvalue weighted by molar-refractivity contribution is 8.02.